The normalized spacial score (nSPS) is 23.7. The van der Waals surface area contributed by atoms with Gasteiger partial charge in [0.15, 0.2) is 12.2 Å². The van der Waals surface area contributed by atoms with Crippen LogP contribution in [0.4, 0.5) is 5.82 Å². The molecule has 2 heterocycles. The van der Waals surface area contributed by atoms with E-state index in [4.69, 9.17) is 16.8 Å². The number of aryl methyl sites for hydroxylation is 1. The van der Waals surface area contributed by atoms with E-state index in [9.17, 15) is 45.0 Å². The Hall–Kier alpha value is -4.64. The quantitative estimate of drug-likeness (QED) is 0.0364. The van der Waals surface area contributed by atoms with Crippen LogP contribution in [0, 0.1) is 11.8 Å². The van der Waals surface area contributed by atoms with Crippen LogP contribution in [-0.2, 0) is 27.2 Å². The Labute approximate surface area is 363 Å². The Kier molecular flexibility index (Phi) is 16.3. The molecule has 0 spiro atoms. The number of nitrogens with one attached hydrogen (secondary N) is 2. The number of H-pyrrole nitrogens is 1. The molecule has 6 rings (SSSR count). The molecule has 9 unspecified atom stereocenters. The van der Waals surface area contributed by atoms with Crippen LogP contribution in [0.3, 0.4) is 0 Å². The van der Waals surface area contributed by atoms with Gasteiger partial charge >= 0.3 is 5.97 Å². The number of carboxylic acid groups (broad SMARTS) is 1. The molecule has 0 radical (unpaired) electrons. The molecule has 3 aliphatic rings. The predicted octanol–water partition coefficient (Wildman–Crippen LogP) is 4.29. The molecular formula is C47H65N6O9-. The molecule has 0 bridgehead atoms. The summed E-state index contributed by atoms with van der Waals surface area (Å²) in [5.41, 5.74) is 15.3. The van der Waals surface area contributed by atoms with Crippen molar-refractivity contribution < 1.29 is 45.0 Å². The Balaban J connectivity index is 1.29. The molecule has 1 saturated carbocycles. The highest BCUT2D eigenvalue weighted by Crippen LogP contribution is 2.46. The molecule has 9 atom stereocenters. The molecule has 1 aromatic heterocycles. The van der Waals surface area contributed by atoms with Crippen molar-refractivity contribution in [2.45, 2.75) is 157 Å². The fraction of sp³-hybridized carbons (Fsp3) is 0.574. The smallest absolute Gasteiger partial charge is 0.328 e. The fourth-order valence-corrected chi connectivity index (χ4v) is 10.2. The maximum Gasteiger partial charge on any atom is 0.328 e. The highest BCUT2D eigenvalue weighted by atomic mass is 16.5. The average Bonchev–Trinajstić information content (AvgIpc) is 3.94. The summed E-state index contributed by atoms with van der Waals surface area (Å²) < 4.78 is 0. The van der Waals surface area contributed by atoms with Gasteiger partial charge in [0.05, 0.1) is 17.7 Å². The van der Waals surface area contributed by atoms with E-state index >= 15 is 0 Å². The van der Waals surface area contributed by atoms with E-state index in [1.807, 2.05) is 18.2 Å². The van der Waals surface area contributed by atoms with E-state index in [-0.39, 0.29) is 42.6 Å². The van der Waals surface area contributed by atoms with Crippen LogP contribution in [0.25, 0.3) is 16.1 Å². The van der Waals surface area contributed by atoms with Crippen LogP contribution in [0.5, 0.6) is 0 Å². The largest absolute Gasteiger partial charge is 0.478 e. The number of guanidine groups is 1. The highest BCUT2D eigenvalue weighted by molar-refractivity contribution is 5.86. The van der Waals surface area contributed by atoms with Gasteiger partial charge in [-0.2, -0.15) is 0 Å². The number of aromatic amines is 1. The summed E-state index contributed by atoms with van der Waals surface area (Å²) in [7, 11) is 0. The van der Waals surface area contributed by atoms with E-state index in [2.05, 4.69) is 39.6 Å². The third-order valence-electron chi connectivity index (χ3n) is 13.5. The van der Waals surface area contributed by atoms with Gasteiger partial charge in [-0.25, -0.2) is 9.79 Å². The molecule has 12 N–H and O–H groups in total. The van der Waals surface area contributed by atoms with Gasteiger partial charge in [0.25, 0.3) is 0 Å². The number of aldehydes is 2. The fourth-order valence-electron chi connectivity index (χ4n) is 10.2. The number of aliphatic imine (C=N–C) groups is 1. The number of aliphatic carboxylic acids is 1. The summed E-state index contributed by atoms with van der Waals surface area (Å²) in [4.78, 5) is 43.6. The maximum absolute atomic E-state index is 12.7. The molecule has 1 aliphatic heterocycles. The van der Waals surface area contributed by atoms with Crippen molar-refractivity contribution in [2.75, 3.05) is 0 Å². The topological polar surface area (TPSA) is 279 Å². The number of carbonyl (C=O) groups excluding carboxylic acids is 2. The van der Waals surface area contributed by atoms with E-state index in [0.717, 1.165) is 73.5 Å². The van der Waals surface area contributed by atoms with Crippen LogP contribution in [-0.4, -0.2) is 108 Å². The van der Waals surface area contributed by atoms with Crippen molar-refractivity contribution in [1.29, 1.82) is 0 Å². The number of aliphatic hydroxyl groups excluding tert-OH is 3. The number of aromatic nitrogens is 1. The van der Waals surface area contributed by atoms with Crippen LogP contribution in [0.15, 0.2) is 65.3 Å². The first kappa shape index (κ1) is 46.9. The number of nitrogens with zero attached hydrogens (tertiary/aromatic N) is 2. The SMILES string of the molecule is NC1=NC(C(=CC(=O)O)C(CC2CCc3cc4ccc(CC=O)cc4cc3C2CCCC(N)CCC(C=O)CCC(O)O)[N-]c2ccc[nH]2)CC(C(O)C(O)C2(O)CCCC2)N1. The lowest BCUT2D eigenvalue weighted by atomic mass is 9.69. The van der Waals surface area contributed by atoms with Crippen LogP contribution in [0.1, 0.15) is 112 Å². The van der Waals surface area contributed by atoms with Gasteiger partial charge < -0.3 is 67.3 Å². The van der Waals surface area contributed by atoms with Gasteiger partial charge in [-0.15, -0.1) is 0 Å². The Bertz CT molecular complexity index is 2020. The summed E-state index contributed by atoms with van der Waals surface area (Å²) >= 11 is 0. The van der Waals surface area contributed by atoms with E-state index in [0.29, 0.717) is 62.8 Å². The van der Waals surface area contributed by atoms with E-state index < -0.39 is 48.2 Å². The number of fused-ring (bicyclic) bond motifs is 2. The summed E-state index contributed by atoms with van der Waals surface area (Å²) in [5.74, 6) is -0.879. The van der Waals surface area contributed by atoms with Gasteiger partial charge in [-0.05, 0) is 128 Å². The molecule has 2 aromatic carbocycles. The molecule has 15 nitrogen and oxygen atoms in total. The first-order chi connectivity index (χ1) is 29.8. The molecule has 338 valence electrons. The number of benzene rings is 2. The lowest BCUT2D eigenvalue weighted by molar-refractivity contribution is -0.131. The number of nitrogens with two attached hydrogens (primary N) is 2. The van der Waals surface area contributed by atoms with Gasteiger partial charge in [0.2, 0.25) is 0 Å². The number of carboxylic acids is 1. The number of hydrogen-bond acceptors (Lipinski definition) is 12. The molecule has 15 heteroatoms. The molecular weight excluding hydrogens is 793 g/mol. The van der Waals surface area contributed by atoms with Crippen LogP contribution >= 0.6 is 0 Å². The minimum Gasteiger partial charge on any atom is -0.478 e. The minimum atomic E-state index is -1.46. The van der Waals surface area contributed by atoms with Crippen molar-refractivity contribution in [3.05, 3.63) is 82.3 Å². The number of carbonyl (C=O) groups is 3. The van der Waals surface area contributed by atoms with Gasteiger partial charge in [0, 0.05) is 24.5 Å². The maximum atomic E-state index is 12.7. The first-order valence-electron chi connectivity index (χ1n) is 22.3. The second-order valence-electron chi connectivity index (χ2n) is 17.9. The first-order valence-corrected chi connectivity index (χ1v) is 22.3. The van der Waals surface area contributed by atoms with Crippen molar-refractivity contribution in [3.63, 3.8) is 0 Å². The third kappa shape index (κ3) is 12.1. The van der Waals surface area contributed by atoms with Crippen molar-refractivity contribution in [1.82, 2.24) is 10.3 Å². The Morgan fingerprint density at radius 1 is 1.00 bits per heavy atom. The molecule has 1 fully saturated rings. The van der Waals surface area contributed by atoms with Crippen molar-refractivity contribution in [2.24, 2.45) is 28.3 Å². The highest BCUT2D eigenvalue weighted by Gasteiger charge is 2.46. The lowest BCUT2D eigenvalue weighted by Crippen LogP contribution is -2.59. The molecule has 3 aromatic rings. The zero-order chi connectivity index (χ0) is 44.4. The molecule has 0 saturated heterocycles. The Morgan fingerprint density at radius 2 is 1.77 bits per heavy atom. The number of aliphatic hydroxyl groups is 5. The summed E-state index contributed by atoms with van der Waals surface area (Å²) in [6, 6.07) is 11.7. The third-order valence-corrected chi connectivity index (χ3v) is 13.5. The van der Waals surface area contributed by atoms with Crippen LogP contribution < -0.4 is 16.8 Å². The Morgan fingerprint density at radius 3 is 2.47 bits per heavy atom. The van der Waals surface area contributed by atoms with Crippen LogP contribution in [0.2, 0.25) is 0 Å². The van der Waals surface area contributed by atoms with Gasteiger partial charge in [-0.1, -0.05) is 73.7 Å². The second kappa shape index (κ2) is 21.6. The van der Waals surface area contributed by atoms with Gasteiger partial charge in [0.1, 0.15) is 24.8 Å². The second-order valence-corrected chi connectivity index (χ2v) is 17.9. The molecule has 2 aliphatic carbocycles. The minimum absolute atomic E-state index is 0.0158. The van der Waals surface area contributed by atoms with Crippen molar-refractivity contribution in [3.8, 4) is 0 Å². The standard InChI is InChI=1S/C47H65N6O9/c48-34(14-9-29(27-55)10-15-42(56)57)5-3-6-35-32(13-12-31-22-30-11-8-28(16-20-54)21-33(30)23-36(31)35)24-38(51-41-7-4-19-50-41)37(25-43(58)59)39-26-40(53-46(49)52-39)44(60)45(61)47(62)17-1-2-18-47/h4,7-8,11,19-23,25,27,29,32,34-35,38-40,42,44-45,50,56-57,60-62H,1-3,5-6,9-10,12-18,24,26,48H2,(H,58,59)(H3,49,52,53)/q-1. The van der Waals surface area contributed by atoms with Crippen molar-refractivity contribution >= 4 is 41.1 Å². The summed E-state index contributed by atoms with van der Waals surface area (Å²) in [6.07, 6.45) is 8.93. The summed E-state index contributed by atoms with van der Waals surface area (Å²) in [6.45, 7) is 0. The summed E-state index contributed by atoms with van der Waals surface area (Å²) in [5, 5.41) is 72.9. The molecule has 62 heavy (non-hydrogen) atoms. The zero-order valence-electron chi connectivity index (χ0n) is 35.4. The predicted molar refractivity (Wildman–Crippen MR) is 237 cm³/mol. The van der Waals surface area contributed by atoms with Gasteiger partial charge in [-0.3, -0.25) is 0 Å². The van der Waals surface area contributed by atoms with E-state index in [1.54, 1.807) is 6.20 Å². The number of hydrogen-bond donors (Lipinski definition) is 10. The number of rotatable bonds is 23. The zero-order valence-corrected chi connectivity index (χ0v) is 35.4. The average molecular weight is 858 g/mol. The lowest BCUT2D eigenvalue weighted by Gasteiger charge is -2.42. The molecule has 0 amide bonds. The monoisotopic (exact) mass is 857 g/mol. The van der Waals surface area contributed by atoms with E-state index in [1.165, 1.54) is 11.1 Å².